The van der Waals surface area contributed by atoms with Crippen LogP contribution in [0.25, 0.3) is 0 Å². The summed E-state index contributed by atoms with van der Waals surface area (Å²) in [7, 11) is -2.87. The van der Waals surface area contributed by atoms with Crippen LogP contribution < -0.4 is 0 Å². The molecule has 2 nitrogen and oxygen atoms in total. The van der Waals surface area contributed by atoms with Crippen molar-refractivity contribution in [2.75, 3.05) is 5.75 Å². The smallest absolute Gasteiger partial charge is 0.152 e. The van der Waals surface area contributed by atoms with E-state index in [9.17, 15) is 8.42 Å². The van der Waals surface area contributed by atoms with Crippen LogP contribution in [0.4, 0.5) is 0 Å². The van der Waals surface area contributed by atoms with Gasteiger partial charge < -0.3 is 0 Å². The van der Waals surface area contributed by atoms with Gasteiger partial charge >= 0.3 is 0 Å². The van der Waals surface area contributed by atoms with Crippen molar-refractivity contribution in [2.24, 2.45) is 5.92 Å². The van der Waals surface area contributed by atoms with E-state index < -0.39 is 9.84 Å². The Morgan fingerprint density at radius 3 is 2.00 bits per heavy atom. The van der Waals surface area contributed by atoms with Gasteiger partial charge in [0.1, 0.15) is 0 Å². The quantitative estimate of drug-likeness (QED) is 0.669. The zero-order valence-corrected chi connectivity index (χ0v) is 11.0. The van der Waals surface area contributed by atoms with Gasteiger partial charge in [-0.2, -0.15) is 0 Å². The van der Waals surface area contributed by atoms with Gasteiger partial charge in [-0.3, -0.25) is 0 Å². The summed E-state index contributed by atoms with van der Waals surface area (Å²) in [5, 5.41) is -0.130. The summed E-state index contributed by atoms with van der Waals surface area (Å²) in [6.07, 6.45) is 1.60. The highest BCUT2D eigenvalue weighted by Gasteiger charge is 2.17. The Bertz CT molecular complexity index is 245. The molecule has 0 fully saturated rings. The van der Waals surface area contributed by atoms with Crippen LogP contribution >= 0.6 is 11.6 Å². The first-order valence-corrected chi connectivity index (χ1v) is 7.26. The summed E-state index contributed by atoms with van der Waals surface area (Å²) in [6, 6.07) is 0. The minimum atomic E-state index is -2.87. The largest absolute Gasteiger partial charge is 0.229 e. The van der Waals surface area contributed by atoms with Crippen molar-refractivity contribution >= 4 is 21.4 Å². The van der Waals surface area contributed by atoms with Crippen molar-refractivity contribution in [1.82, 2.24) is 0 Å². The van der Waals surface area contributed by atoms with Crippen molar-refractivity contribution in [3.8, 4) is 0 Å². The van der Waals surface area contributed by atoms with Gasteiger partial charge in [-0.05, 0) is 39.5 Å². The maximum atomic E-state index is 11.5. The van der Waals surface area contributed by atoms with E-state index in [0.29, 0.717) is 5.92 Å². The van der Waals surface area contributed by atoms with Gasteiger partial charge in [0.15, 0.2) is 9.84 Å². The Hall–Kier alpha value is 0.240. The third-order valence-electron chi connectivity index (χ3n) is 2.34. The summed E-state index contributed by atoms with van der Waals surface area (Å²) >= 11 is 5.84. The average Bonchev–Trinajstić information content (AvgIpc) is 1.99. The molecule has 86 valence electrons. The lowest BCUT2D eigenvalue weighted by Crippen LogP contribution is -2.19. The SMILES string of the molecule is CC(Cl)CC(C)CCS(=O)(=O)C(C)C. The van der Waals surface area contributed by atoms with Crippen LogP contribution in [0.15, 0.2) is 0 Å². The summed E-state index contributed by atoms with van der Waals surface area (Å²) in [4.78, 5) is 0. The molecule has 4 heteroatoms. The first-order valence-electron chi connectivity index (χ1n) is 5.11. The van der Waals surface area contributed by atoms with Crippen molar-refractivity contribution in [2.45, 2.75) is 51.2 Å². The van der Waals surface area contributed by atoms with Gasteiger partial charge in [-0.25, -0.2) is 8.42 Å². The Balaban J connectivity index is 3.95. The molecular formula is C10H21ClO2S. The highest BCUT2D eigenvalue weighted by Crippen LogP contribution is 2.16. The van der Waals surface area contributed by atoms with Crippen LogP contribution in [0.5, 0.6) is 0 Å². The molecule has 0 saturated carbocycles. The van der Waals surface area contributed by atoms with E-state index in [4.69, 9.17) is 11.6 Å². The van der Waals surface area contributed by atoms with E-state index in [1.54, 1.807) is 13.8 Å². The fourth-order valence-corrected chi connectivity index (χ4v) is 2.78. The lowest BCUT2D eigenvalue weighted by atomic mass is 10.0. The Morgan fingerprint density at radius 2 is 1.64 bits per heavy atom. The molecule has 2 atom stereocenters. The zero-order chi connectivity index (χ0) is 11.4. The molecule has 0 aliphatic rings. The van der Waals surface area contributed by atoms with Crippen LogP contribution in [0, 0.1) is 5.92 Å². The van der Waals surface area contributed by atoms with E-state index in [-0.39, 0.29) is 16.4 Å². The van der Waals surface area contributed by atoms with E-state index >= 15 is 0 Å². The van der Waals surface area contributed by atoms with Crippen molar-refractivity contribution in [3.63, 3.8) is 0 Å². The van der Waals surface area contributed by atoms with Gasteiger partial charge in [-0.1, -0.05) is 6.92 Å². The summed E-state index contributed by atoms with van der Waals surface area (Å²) < 4.78 is 23.0. The molecule has 14 heavy (non-hydrogen) atoms. The number of halogens is 1. The predicted octanol–water partition coefficient (Wildman–Crippen LogP) is 2.85. The molecule has 2 unspecified atom stereocenters. The first-order chi connectivity index (χ1) is 6.25. The maximum absolute atomic E-state index is 11.5. The number of hydrogen-bond donors (Lipinski definition) is 0. The van der Waals surface area contributed by atoms with Crippen LogP contribution in [0.2, 0.25) is 0 Å². The molecule has 0 bridgehead atoms. The minimum Gasteiger partial charge on any atom is -0.229 e. The van der Waals surface area contributed by atoms with Gasteiger partial charge in [0.05, 0.1) is 11.0 Å². The van der Waals surface area contributed by atoms with Gasteiger partial charge in [0.2, 0.25) is 0 Å². The molecule has 0 aromatic carbocycles. The van der Waals surface area contributed by atoms with E-state index in [0.717, 1.165) is 12.8 Å². The molecule has 0 saturated heterocycles. The molecule has 0 aliphatic carbocycles. The number of sulfone groups is 1. The monoisotopic (exact) mass is 240 g/mol. The Kier molecular flexibility index (Phi) is 6.06. The Labute approximate surface area is 93.0 Å². The topological polar surface area (TPSA) is 34.1 Å². The van der Waals surface area contributed by atoms with E-state index in [1.807, 2.05) is 6.92 Å². The molecule has 0 amide bonds. The first kappa shape index (κ1) is 14.2. The predicted molar refractivity (Wildman–Crippen MR) is 62.6 cm³/mol. The molecule has 0 heterocycles. The Morgan fingerprint density at radius 1 is 1.14 bits per heavy atom. The van der Waals surface area contributed by atoms with Crippen LogP contribution in [0.1, 0.15) is 40.5 Å². The maximum Gasteiger partial charge on any atom is 0.152 e. The fraction of sp³-hybridized carbons (Fsp3) is 1.00. The van der Waals surface area contributed by atoms with Crippen LogP contribution in [-0.2, 0) is 9.84 Å². The second-order valence-electron chi connectivity index (χ2n) is 4.33. The molecule has 0 aromatic rings. The number of alkyl halides is 1. The summed E-state index contributed by atoms with van der Waals surface area (Å²) in [6.45, 7) is 7.44. The van der Waals surface area contributed by atoms with Crippen LogP contribution in [-0.4, -0.2) is 24.8 Å². The summed E-state index contributed by atoms with van der Waals surface area (Å²) in [5.74, 6) is 0.672. The molecule has 0 spiro atoms. The third-order valence-corrected chi connectivity index (χ3v) is 4.76. The molecule has 0 aromatic heterocycles. The van der Waals surface area contributed by atoms with Gasteiger partial charge in [0.25, 0.3) is 0 Å². The van der Waals surface area contributed by atoms with Crippen molar-refractivity contribution in [1.29, 1.82) is 0 Å². The normalized spacial score (nSPS) is 17.0. The zero-order valence-electron chi connectivity index (χ0n) is 9.46. The number of rotatable bonds is 6. The van der Waals surface area contributed by atoms with Crippen LogP contribution in [0.3, 0.4) is 0 Å². The lowest BCUT2D eigenvalue weighted by molar-refractivity contribution is 0.505. The van der Waals surface area contributed by atoms with Gasteiger partial charge in [0, 0.05) is 5.38 Å². The molecule has 0 rings (SSSR count). The number of hydrogen-bond acceptors (Lipinski definition) is 2. The van der Waals surface area contributed by atoms with Crippen molar-refractivity contribution in [3.05, 3.63) is 0 Å². The second-order valence-corrected chi connectivity index (χ2v) is 7.75. The molecule has 0 radical (unpaired) electrons. The molecular weight excluding hydrogens is 220 g/mol. The third kappa shape index (κ3) is 5.86. The molecule has 0 N–H and O–H groups in total. The molecule has 0 aliphatic heterocycles. The van der Waals surface area contributed by atoms with Crippen molar-refractivity contribution < 1.29 is 8.42 Å². The second kappa shape index (κ2) is 5.96. The van der Waals surface area contributed by atoms with E-state index in [1.165, 1.54) is 0 Å². The lowest BCUT2D eigenvalue weighted by Gasteiger charge is -2.13. The van der Waals surface area contributed by atoms with Gasteiger partial charge in [-0.15, -0.1) is 11.6 Å². The highest BCUT2D eigenvalue weighted by atomic mass is 35.5. The minimum absolute atomic E-state index is 0.131. The highest BCUT2D eigenvalue weighted by molar-refractivity contribution is 7.91. The summed E-state index contributed by atoms with van der Waals surface area (Å²) in [5.41, 5.74) is 0. The standard InChI is InChI=1S/C10H21ClO2S/c1-8(2)14(12,13)6-5-9(3)7-10(4)11/h8-10H,5-7H2,1-4H3. The average molecular weight is 241 g/mol. The van der Waals surface area contributed by atoms with E-state index in [2.05, 4.69) is 6.92 Å². The fourth-order valence-electron chi connectivity index (χ4n) is 1.27.